The molecular formula is C23H18FN3O5. The normalized spacial score (nSPS) is 15.5. The first-order valence-corrected chi connectivity index (χ1v) is 9.79. The number of amides is 2. The molecule has 1 aliphatic heterocycles. The average Bonchev–Trinajstić information content (AvgIpc) is 3.18. The quantitative estimate of drug-likeness (QED) is 0.453. The largest absolute Gasteiger partial charge is 0.455 e. The van der Waals surface area contributed by atoms with Gasteiger partial charge >= 0.3 is 5.69 Å². The minimum Gasteiger partial charge on any atom is -0.455 e. The van der Waals surface area contributed by atoms with E-state index in [0.29, 0.717) is 17.2 Å². The smallest absolute Gasteiger partial charge is 0.306 e. The van der Waals surface area contributed by atoms with Crippen LogP contribution in [0.25, 0.3) is 0 Å². The number of hydrogen-bond donors (Lipinski definition) is 1. The Morgan fingerprint density at radius 2 is 1.81 bits per heavy atom. The monoisotopic (exact) mass is 435 g/mol. The number of ether oxygens (including phenoxy) is 1. The topological polar surface area (TPSA) is 102 Å². The van der Waals surface area contributed by atoms with E-state index in [2.05, 4.69) is 5.32 Å². The maximum absolute atomic E-state index is 13.6. The predicted octanol–water partition coefficient (Wildman–Crippen LogP) is 4.52. The van der Waals surface area contributed by atoms with Crippen LogP contribution in [0.1, 0.15) is 6.42 Å². The lowest BCUT2D eigenvalue weighted by Gasteiger charge is -2.17. The van der Waals surface area contributed by atoms with Gasteiger partial charge in [-0.2, -0.15) is 4.39 Å². The maximum Gasteiger partial charge on any atom is 0.306 e. The van der Waals surface area contributed by atoms with E-state index in [1.165, 1.54) is 11.0 Å². The molecule has 0 bridgehead atoms. The molecule has 1 fully saturated rings. The fourth-order valence-corrected chi connectivity index (χ4v) is 3.45. The molecule has 8 nitrogen and oxygen atoms in total. The van der Waals surface area contributed by atoms with E-state index in [0.717, 1.165) is 12.1 Å². The Labute approximate surface area is 182 Å². The zero-order valence-electron chi connectivity index (χ0n) is 16.7. The number of hydrogen-bond acceptors (Lipinski definition) is 5. The molecular weight excluding hydrogens is 417 g/mol. The van der Waals surface area contributed by atoms with Crippen LogP contribution in [0.15, 0.2) is 72.8 Å². The highest BCUT2D eigenvalue weighted by molar-refractivity contribution is 6.04. The summed E-state index contributed by atoms with van der Waals surface area (Å²) in [5, 5.41) is 13.8. The van der Waals surface area contributed by atoms with E-state index in [4.69, 9.17) is 4.74 Å². The summed E-state index contributed by atoms with van der Waals surface area (Å²) in [4.78, 5) is 36.7. The molecule has 1 saturated heterocycles. The molecule has 162 valence electrons. The summed E-state index contributed by atoms with van der Waals surface area (Å²) in [6.45, 7) is 0.0230. The SMILES string of the molecule is O=C(Nc1ccccc1Oc1ccccc1)C1CC(=O)N(c2ccc(F)c([N+](=O)[O-])c2)C1. The van der Waals surface area contributed by atoms with Crippen LogP contribution in [-0.2, 0) is 9.59 Å². The number of rotatable bonds is 6. The molecule has 1 atom stereocenters. The van der Waals surface area contributed by atoms with Crippen LogP contribution in [0, 0.1) is 21.8 Å². The second-order valence-corrected chi connectivity index (χ2v) is 7.20. The van der Waals surface area contributed by atoms with Crippen molar-refractivity contribution in [3.63, 3.8) is 0 Å². The number of nitro groups is 1. The number of nitrogens with zero attached hydrogens (tertiary/aromatic N) is 2. The zero-order chi connectivity index (χ0) is 22.7. The van der Waals surface area contributed by atoms with Gasteiger partial charge in [0.05, 0.1) is 22.2 Å². The van der Waals surface area contributed by atoms with E-state index in [9.17, 15) is 24.1 Å². The fourth-order valence-electron chi connectivity index (χ4n) is 3.45. The van der Waals surface area contributed by atoms with Crippen LogP contribution in [-0.4, -0.2) is 23.3 Å². The van der Waals surface area contributed by atoms with Gasteiger partial charge in [-0.15, -0.1) is 0 Å². The van der Waals surface area contributed by atoms with Gasteiger partial charge in [-0.25, -0.2) is 0 Å². The summed E-state index contributed by atoms with van der Waals surface area (Å²) in [6.07, 6.45) is -0.0707. The van der Waals surface area contributed by atoms with E-state index < -0.39 is 22.3 Å². The molecule has 1 heterocycles. The lowest BCUT2D eigenvalue weighted by Crippen LogP contribution is -2.28. The number of nitrogens with one attached hydrogen (secondary N) is 1. The molecule has 1 N–H and O–H groups in total. The standard InChI is InChI=1S/C23H18FN3O5/c24-18-11-10-16(13-20(18)27(30)31)26-14-15(12-22(26)28)23(29)25-19-8-4-5-9-21(19)32-17-6-2-1-3-7-17/h1-11,13,15H,12,14H2,(H,25,29). The molecule has 0 saturated carbocycles. The van der Waals surface area contributed by atoms with E-state index in [1.807, 2.05) is 18.2 Å². The Morgan fingerprint density at radius 3 is 2.56 bits per heavy atom. The van der Waals surface area contributed by atoms with Crippen LogP contribution in [0.4, 0.5) is 21.5 Å². The van der Waals surface area contributed by atoms with Gasteiger partial charge in [-0.1, -0.05) is 30.3 Å². The molecule has 0 aliphatic carbocycles. The number of halogens is 1. The minimum absolute atomic E-state index is 0.0230. The van der Waals surface area contributed by atoms with Crippen molar-refractivity contribution in [3.8, 4) is 11.5 Å². The van der Waals surface area contributed by atoms with Gasteiger partial charge in [0, 0.05) is 19.0 Å². The Balaban J connectivity index is 1.48. The zero-order valence-corrected chi connectivity index (χ0v) is 16.7. The van der Waals surface area contributed by atoms with Crippen molar-refractivity contribution in [2.24, 2.45) is 5.92 Å². The van der Waals surface area contributed by atoms with Gasteiger partial charge in [0.25, 0.3) is 0 Å². The van der Waals surface area contributed by atoms with Crippen molar-refractivity contribution >= 4 is 28.9 Å². The molecule has 0 radical (unpaired) electrons. The number of para-hydroxylation sites is 3. The molecule has 3 aromatic rings. The second kappa shape index (κ2) is 8.84. The van der Waals surface area contributed by atoms with Gasteiger partial charge < -0.3 is 15.0 Å². The Kier molecular flexibility index (Phi) is 5.80. The third kappa shape index (κ3) is 4.41. The molecule has 0 spiro atoms. The first-order valence-electron chi connectivity index (χ1n) is 9.79. The highest BCUT2D eigenvalue weighted by Crippen LogP contribution is 2.32. The van der Waals surface area contributed by atoms with Gasteiger partial charge in [0.1, 0.15) is 5.75 Å². The number of carbonyl (C=O) groups excluding carboxylic acids is 2. The van der Waals surface area contributed by atoms with Crippen molar-refractivity contribution in [1.82, 2.24) is 0 Å². The summed E-state index contributed by atoms with van der Waals surface area (Å²) in [7, 11) is 0. The fraction of sp³-hybridized carbons (Fsp3) is 0.130. The number of nitro benzene ring substituents is 1. The van der Waals surface area contributed by atoms with Gasteiger partial charge in [0.2, 0.25) is 17.6 Å². The molecule has 1 unspecified atom stereocenters. The molecule has 0 aromatic heterocycles. The van der Waals surface area contributed by atoms with E-state index >= 15 is 0 Å². The van der Waals surface area contributed by atoms with Gasteiger partial charge in [-0.05, 0) is 36.4 Å². The van der Waals surface area contributed by atoms with Crippen molar-refractivity contribution in [2.75, 3.05) is 16.8 Å². The van der Waals surface area contributed by atoms with Crippen LogP contribution < -0.4 is 15.0 Å². The molecule has 3 aromatic carbocycles. The lowest BCUT2D eigenvalue weighted by molar-refractivity contribution is -0.387. The van der Waals surface area contributed by atoms with Crippen LogP contribution >= 0.6 is 0 Å². The highest BCUT2D eigenvalue weighted by atomic mass is 19.1. The highest BCUT2D eigenvalue weighted by Gasteiger charge is 2.36. The third-order valence-corrected chi connectivity index (χ3v) is 5.05. The summed E-state index contributed by atoms with van der Waals surface area (Å²) in [5.41, 5.74) is -0.105. The summed E-state index contributed by atoms with van der Waals surface area (Å²) >= 11 is 0. The third-order valence-electron chi connectivity index (χ3n) is 5.05. The van der Waals surface area contributed by atoms with Crippen LogP contribution in [0.2, 0.25) is 0 Å². The maximum atomic E-state index is 13.6. The minimum atomic E-state index is -0.991. The number of carbonyl (C=O) groups is 2. The molecule has 4 rings (SSSR count). The Hall–Kier alpha value is -4.27. The van der Waals surface area contributed by atoms with Crippen molar-refractivity contribution in [1.29, 1.82) is 0 Å². The van der Waals surface area contributed by atoms with Gasteiger partial charge in [0.15, 0.2) is 5.75 Å². The summed E-state index contributed by atoms with van der Waals surface area (Å²) < 4.78 is 19.5. The Morgan fingerprint density at radius 1 is 1.09 bits per heavy atom. The summed E-state index contributed by atoms with van der Waals surface area (Å²) in [5.74, 6) is -1.38. The first-order chi connectivity index (χ1) is 15.4. The average molecular weight is 435 g/mol. The number of benzene rings is 3. The molecule has 2 amide bonds. The van der Waals surface area contributed by atoms with Crippen molar-refractivity contribution < 1.29 is 23.6 Å². The van der Waals surface area contributed by atoms with Gasteiger partial charge in [-0.3, -0.25) is 19.7 Å². The predicted molar refractivity (Wildman–Crippen MR) is 115 cm³/mol. The van der Waals surface area contributed by atoms with E-state index in [-0.39, 0.29) is 30.5 Å². The first kappa shape index (κ1) is 21.0. The van der Waals surface area contributed by atoms with Crippen LogP contribution in [0.5, 0.6) is 11.5 Å². The second-order valence-electron chi connectivity index (χ2n) is 7.20. The van der Waals surface area contributed by atoms with Crippen molar-refractivity contribution in [3.05, 3.63) is 88.7 Å². The lowest BCUT2D eigenvalue weighted by atomic mass is 10.1. The summed E-state index contributed by atoms with van der Waals surface area (Å²) in [6, 6.07) is 19.2. The molecule has 9 heteroatoms. The molecule has 1 aliphatic rings. The Bertz CT molecular complexity index is 1190. The number of anilines is 2. The van der Waals surface area contributed by atoms with Crippen LogP contribution in [0.3, 0.4) is 0 Å². The van der Waals surface area contributed by atoms with E-state index in [1.54, 1.807) is 36.4 Å². The van der Waals surface area contributed by atoms with Crippen molar-refractivity contribution in [2.45, 2.75) is 6.42 Å². The molecule has 32 heavy (non-hydrogen) atoms.